The van der Waals surface area contributed by atoms with Gasteiger partial charge in [0.1, 0.15) is 18.2 Å². The third kappa shape index (κ3) is 13.5. The fourth-order valence-corrected chi connectivity index (χ4v) is 4.25. The lowest BCUT2D eigenvalue weighted by Crippen LogP contribution is -2.44. The van der Waals surface area contributed by atoms with E-state index in [1.54, 1.807) is 20.8 Å². The van der Waals surface area contributed by atoms with Crippen LogP contribution in [0.1, 0.15) is 78.2 Å². The highest BCUT2D eigenvalue weighted by Gasteiger charge is 2.26. The average Bonchev–Trinajstić information content (AvgIpc) is 2.85. The molecule has 2 N–H and O–H groups in total. The van der Waals surface area contributed by atoms with Gasteiger partial charge in [0.25, 0.3) is 0 Å². The number of amides is 1. The van der Waals surface area contributed by atoms with Crippen molar-refractivity contribution in [3.63, 3.8) is 0 Å². The number of ether oxygens (including phenoxy) is 3. The van der Waals surface area contributed by atoms with Gasteiger partial charge >= 0.3 is 12.1 Å². The number of carbonyl (C=O) groups excluding carboxylic acids is 2. The molecule has 0 radical (unpaired) electrons. The number of allylic oxidation sites excluding steroid dienone is 2. The van der Waals surface area contributed by atoms with Crippen molar-refractivity contribution in [3.8, 4) is 0 Å². The Kier molecular flexibility index (Phi) is 13.4. The van der Waals surface area contributed by atoms with Gasteiger partial charge in [-0.2, -0.15) is 0 Å². The average molecular weight is 516 g/mol. The Balaban J connectivity index is 1.88. The molecule has 206 valence electrons. The number of carbonyl (C=O) groups is 2. The minimum absolute atomic E-state index is 0.0363. The first-order valence-corrected chi connectivity index (χ1v) is 13.4. The number of rotatable bonds is 15. The van der Waals surface area contributed by atoms with E-state index < -0.39 is 23.7 Å². The number of esters is 1. The molecule has 1 aliphatic rings. The van der Waals surface area contributed by atoms with E-state index in [1.807, 2.05) is 43.3 Å². The van der Waals surface area contributed by atoms with E-state index in [0.29, 0.717) is 25.9 Å². The molecule has 0 spiro atoms. The van der Waals surface area contributed by atoms with Crippen LogP contribution in [0.4, 0.5) is 4.79 Å². The zero-order chi connectivity index (χ0) is 27.1. The topological polar surface area (TPSA) is 94.1 Å². The minimum Gasteiger partial charge on any atom is -0.459 e. The molecule has 7 nitrogen and oxygen atoms in total. The van der Waals surface area contributed by atoms with E-state index in [-0.39, 0.29) is 25.2 Å². The van der Waals surface area contributed by atoms with Gasteiger partial charge in [-0.05, 0) is 76.9 Å². The summed E-state index contributed by atoms with van der Waals surface area (Å²) in [5.41, 5.74) is 1.42. The van der Waals surface area contributed by atoms with E-state index in [0.717, 1.165) is 36.8 Å². The quantitative estimate of drug-likeness (QED) is 0.284. The van der Waals surface area contributed by atoms with Crippen molar-refractivity contribution in [2.75, 3.05) is 13.2 Å². The Hall–Kier alpha value is -2.64. The summed E-state index contributed by atoms with van der Waals surface area (Å²) in [6.07, 6.45) is 10.8. The van der Waals surface area contributed by atoms with Gasteiger partial charge in [0.15, 0.2) is 0 Å². The Morgan fingerprint density at radius 1 is 1.05 bits per heavy atom. The molecule has 0 saturated carbocycles. The summed E-state index contributed by atoms with van der Waals surface area (Å²) < 4.78 is 16.9. The summed E-state index contributed by atoms with van der Waals surface area (Å²) in [4.78, 5) is 25.3. The van der Waals surface area contributed by atoms with Crippen LogP contribution in [0.5, 0.6) is 0 Å². The lowest BCUT2D eigenvalue weighted by Gasteiger charge is -2.24. The highest BCUT2D eigenvalue weighted by molar-refractivity contribution is 5.81. The molecular weight excluding hydrogens is 470 g/mol. The molecule has 0 heterocycles. The van der Waals surface area contributed by atoms with Crippen molar-refractivity contribution in [2.45, 2.75) is 97.0 Å². The molecule has 2 rings (SSSR count). The Labute approximate surface area is 222 Å². The first kappa shape index (κ1) is 30.6. The summed E-state index contributed by atoms with van der Waals surface area (Å²) in [5, 5.41) is 12.3. The summed E-state index contributed by atoms with van der Waals surface area (Å²) >= 11 is 0. The molecule has 1 aliphatic carbocycles. The molecule has 37 heavy (non-hydrogen) atoms. The van der Waals surface area contributed by atoms with E-state index in [9.17, 15) is 14.7 Å². The maximum Gasteiger partial charge on any atom is 0.408 e. The number of aliphatic hydroxyl groups is 1. The highest BCUT2D eigenvalue weighted by Crippen LogP contribution is 2.22. The Morgan fingerprint density at radius 3 is 2.46 bits per heavy atom. The molecule has 1 aromatic rings. The number of hydrogen-bond donors (Lipinski definition) is 2. The zero-order valence-electron chi connectivity index (χ0n) is 22.9. The van der Waals surface area contributed by atoms with Crippen molar-refractivity contribution in [1.82, 2.24) is 5.32 Å². The standard InChI is InChI=1S/C30H45NO6/c1-23(35-21-25-12-7-5-8-13-25)20-24(18-19-32)16-11-17-27(31-29(34)37-30(2,3)4)28(33)36-22-26-14-9-6-10-15-26/h5,7-9,12-15,23-24,27,32H,6,10-11,16-22H2,1-4H3,(H,31,34). The third-order valence-corrected chi connectivity index (χ3v) is 6.11. The summed E-state index contributed by atoms with van der Waals surface area (Å²) in [7, 11) is 0. The molecule has 0 bridgehead atoms. The van der Waals surface area contributed by atoms with Gasteiger partial charge in [0.2, 0.25) is 0 Å². The van der Waals surface area contributed by atoms with Crippen LogP contribution in [0.2, 0.25) is 0 Å². The Bertz CT molecular complexity index is 874. The van der Waals surface area contributed by atoms with Gasteiger partial charge in [0, 0.05) is 6.61 Å². The highest BCUT2D eigenvalue weighted by atomic mass is 16.6. The van der Waals surface area contributed by atoms with Crippen LogP contribution in [-0.2, 0) is 25.6 Å². The molecule has 0 aliphatic heterocycles. The lowest BCUT2D eigenvalue weighted by molar-refractivity contribution is -0.145. The normalized spacial score (nSPS) is 15.9. The van der Waals surface area contributed by atoms with Crippen LogP contribution < -0.4 is 5.32 Å². The molecule has 0 aromatic heterocycles. The molecule has 1 amide bonds. The van der Waals surface area contributed by atoms with Crippen molar-refractivity contribution in [3.05, 3.63) is 59.7 Å². The molecule has 3 unspecified atom stereocenters. The molecule has 3 atom stereocenters. The monoisotopic (exact) mass is 515 g/mol. The predicted octanol–water partition coefficient (Wildman–Crippen LogP) is 5.86. The van der Waals surface area contributed by atoms with Gasteiger partial charge in [-0.25, -0.2) is 9.59 Å². The summed E-state index contributed by atoms with van der Waals surface area (Å²) in [6.45, 7) is 8.22. The third-order valence-electron chi connectivity index (χ3n) is 6.11. The maximum absolute atomic E-state index is 12.9. The van der Waals surface area contributed by atoms with Crippen LogP contribution in [0, 0.1) is 5.92 Å². The maximum atomic E-state index is 12.9. The van der Waals surface area contributed by atoms with Crippen molar-refractivity contribution in [2.24, 2.45) is 5.92 Å². The van der Waals surface area contributed by atoms with Crippen LogP contribution in [0.3, 0.4) is 0 Å². The van der Waals surface area contributed by atoms with E-state index in [1.165, 1.54) is 0 Å². The van der Waals surface area contributed by atoms with Gasteiger partial charge < -0.3 is 24.6 Å². The van der Waals surface area contributed by atoms with Crippen LogP contribution in [0.25, 0.3) is 0 Å². The summed E-state index contributed by atoms with van der Waals surface area (Å²) in [5.74, 6) is -0.226. The number of alkyl carbamates (subject to hydrolysis) is 1. The number of nitrogens with one attached hydrogen (secondary N) is 1. The van der Waals surface area contributed by atoms with E-state index in [4.69, 9.17) is 14.2 Å². The molecule has 0 saturated heterocycles. The first-order valence-electron chi connectivity index (χ1n) is 13.4. The fraction of sp³-hybridized carbons (Fsp3) is 0.600. The fourth-order valence-electron chi connectivity index (χ4n) is 4.25. The SMILES string of the molecule is CC(CC(CCO)CCCC(NC(=O)OC(C)(C)C)C(=O)OCC1=CCCC=C1)OCc1ccccc1. The van der Waals surface area contributed by atoms with Crippen molar-refractivity contribution < 1.29 is 28.9 Å². The van der Waals surface area contributed by atoms with Gasteiger partial charge in [-0.15, -0.1) is 0 Å². The Morgan fingerprint density at radius 2 is 1.81 bits per heavy atom. The number of aliphatic hydroxyl groups excluding tert-OH is 1. The molecule has 7 heteroatoms. The van der Waals surface area contributed by atoms with Crippen molar-refractivity contribution in [1.29, 1.82) is 0 Å². The van der Waals surface area contributed by atoms with Gasteiger partial charge in [-0.3, -0.25) is 0 Å². The summed E-state index contributed by atoms with van der Waals surface area (Å²) in [6, 6.07) is 9.24. The predicted molar refractivity (Wildman–Crippen MR) is 145 cm³/mol. The van der Waals surface area contributed by atoms with E-state index in [2.05, 4.69) is 17.5 Å². The van der Waals surface area contributed by atoms with Crippen molar-refractivity contribution >= 4 is 12.1 Å². The minimum atomic E-state index is -0.801. The van der Waals surface area contributed by atoms with E-state index >= 15 is 0 Å². The zero-order valence-corrected chi connectivity index (χ0v) is 22.9. The van der Waals surface area contributed by atoms with Crippen LogP contribution >= 0.6 is 0 Å². The molecule has 0 fully saturated rings. The first-order chi connectivity index (χ1) is 17.7. The van der Waals surface area contributed by atoms with Gasteiger partial charge in [-0.1, -0.05) is 61.4 Å². The molecular formula is C30H45NO6. The number of hydrogen-bond acceptors (Lipinski definition) is 6. The second-order valence-electron chi connectivity index (χ2n) is 10.7. The second kappa shape index (κ2) is 16.3. The largest absolute Gasteiger partial charge is 0.459 e. The van der Waals surface area contributed by atoms with Gasteiger partial charge in [0.05, 0.1) is 12.7 Å². The molecule has 1 aromatic carbocycles. The van der Waals surface area contributed by atoms with Crippen LogP contribution in [-0.4, -0.2) is 48.1 Å². The van der Waals surface area contributed by atoms with Crippen LogP contribution in [0.15, 0.2) is 54.1 Å². The lowest BCUT2D eigenvalue weighted by atomic mass is 9.92. The second-order valence-corrected chi connectivity index (χ2v) is 10.7. The number of benzene rings is 1. The smallest absolute Gasteiger partial charge is 0.408 e.